The minimum atomic E-state index is -0.833. The molecule has 7 aromatic rings. The minimum Gasteiger partial charge on any atom is -0.203 e. The van der Waals surface area contributed by atoms with Crippen LogP contribution in [-0.2, 0) is 19.4 Å². The van der Waals surface area contributed by atoms with Crippen LogP contribution in [-0.4, -0.2) is 15.0 Å². The van der Waals surface area contributed by atoms with Gasteiger partial charge in [-0.3, -0.25) is 0 Å². The van der Waals surface area contributed by atoms with Crippen molar-refractivity contribution in [3.8, 4) is 30.6 Å². The standard InChI is InChI=1S/C62H87F2N3S4/c1-7-13-19-22-29-44(26-16-10-4)33-35-47-49-39-41-69-61(49)48(36-34-45(27-17-11-5)30-23-20-14-8-2)50-42-54(71-62(47)50)51-37-38-53(70-51)56-58(64)57(63)55(52-32-25-40-68-52)59-60(56)66-67(65-59)43-46(28-18-12-6)31-24-21-15-9-3/h25,32,37-42,44-46H,7-24,26-31,33-36,43H2,1-6H3. The van der Waals surface area contributed by atoms with Crippen LogP contribution in [0.2, 0.25) is 0 Å². The SMILES string of the molecule is CCCCCCC(CCCC)CCc1c2cc(-c3ccc(-c4c(F)c(F)c(-c5cccs5)c5nn(CC(CCCC)CCCCCC)nc45)s3)sc2c(CCC(CCCC)CCCCCC)c2ccsc12. The van der Waals surface area contributed by atoms with Gasteiger partial charge in [-0.15, -0.1) is 45.3 Å². The Morgan fingerprint density at radius 2 is 0.958 bits per heavy atom. The molecule has 0 aliphatic carbocycles. The topological polar surface area (TPSA) is 30.7 Å². The number of fused-ring (bicyclic) bond motifs is 3. The summed E-state index contributed by atoms with van der Waals surface area (Å²) in [7, 11) is 0. The summed E-state index contributed by atoms with van der Waals surface area (Å²) in [5.74, 6) is 0.269. The zero-order valence-corrected chi connectivity index (χ0v) is 47.9. The van der Waals surface area contributed by atoms with E-state index in [1.807, 2.05) is 46.3 Å². The van der Waals surface area contributed by atoms with Crippen molar-refractivity contribution < 1.29 is 8.78 Å². The summed E-state index contributed by atoms with van der Waals surface area (Å²) in [6.45, 7) is 14.5. The van der Waals surface area contributed by atoms with Crippen LogP contribution in [0.5, 0.6) is 0 Å². The largest absolute Gasteiger partial charge is 0.203 e. The van der Waals surface area contributed by atoms with Crippen LogP contribution < -0.4 is 0 Å². The molecule has 0 spiro atoms. The number of aryl methyl sites for hydroxylation is 2. The molecule has 9 heteroatoms. The molecule has 388 valence electrons. The van der Waals surface area contributed by atoms with Gasteiger partial charge in [0.05, 0.1) is 17.7 Å². The van der Waals surface area contributed by atoms with Gasteiger partial charge in [0.2, 0.25) is 0 Å². The van der Waals surface area contributed by atoms with Crippen molar-refractivity contribution in [1.82, 2.24) is 15.0 Å². The summed E-state index contributed by atoms with van der Waals surface area (Å²) in [6, 6.07) is 12.8. The van der Waals surface area contributed by atoms with Crippen LogP contribution >= 0.6 is 45.3 Å². The van der Waals surface area contributed by atoms with E-state index in [1.54, 1.807) is 16.1 Å². The Morgan fingerprint density at radius 3 is 1.51 bits per heavy atom. The van der Waals surface area contributed by atoms with E-state index in [0.717, 1.165) is 55.2 Å². The molecule has 0 saturated carbocycles. The third kappa shape index (κ3) is 14.7. The minimum absolute atomic E-state index is 0.229. The average molecular weight is 1040 g/mol. The van der Waals surface area contributed by atoms with E-state index < -0.39 is 11.6 Å². The number of hydrogen-bond donors (Lipinski definition) is 0. The van der Waals surface area contributed by atoms with E-state index >= 15 is 8.78 Å². The second-order valence-electron chi connectivity index (χ2n) is 21.1. The zero-order chi connectivity index (χ0) is 50.0. The number of thiophene rings is 4. The Kier molecular flexibility index (Phi) is 22.9. The molecule has 3 atom stereocenters. The van der Waals surface area contributed by atoms with E-state index in [9.17, 15) is 0 Å². The molecular formula is C62H87F2N3S4. The number of rotatable bonds is 35. The van der Waals surface area contributed by atoms with Gasteiger partial charge >= 0.3 is 0 Å². The van der Waals surface area contributed by atoms with Gasteiger partial charge in [0.15, 0.2) is 11.6 Å². The predicted molar refractivity (Wildman–Crippen MR) is 312 cm³/mol. The quantitative estimate of drug-likeness (QED) is 0.0371. The molecule has 0 fully saturated rings. The summed E-state index contributed by atoms with van der Waals surface area (Å²) in [5, 5.41) is 17.3. The fourth-order valence-corrected chi connectivity index (χ4v) is 15.5. The first-order chi connectivity index (χ1) is 34.8. The number of unbranched alkanes of at least 4 members (excludes halogenated alkanes) is 12. The summed E-state index contributed by atoms with van der Waals surface area (Å²) in [6.07, 6.45) is 35.2. The van der Waals surface area contributed by atoms with Crippen LogP contribution in [0.1, 0.15) is 220 Å². The molecule has 71 heavy (non-hydrogen) atoms. The highest BCUT2D eigenvalue weighted by Gasteiger charge is 2.29. The van der Waals surface area contributed by atoms with Crippen LogP contribution in [0.4, 0.5) is 8.78 Å². The van der Waals surface area contributed by atoms with Gasteiger partial charge in [-0.05, 0) is 119 Å². The first kappa shape index (κ1) is 55.8. The van der Waals surface area contributed by atoms with E-state index in [0.29, 0.717) is 33.3 Å². The molecule has 0 N–H and O–H groups in total. The van der Waals surface area contributed by atoms with Crippen molar-refractivity contribution in [2.45, 2.75) is 228 Å². The molecule has 5 heterocycles. The Morgan fingerprint density at radius 1 is 0.451 bits per heavy atom. The van der Waals surface area contributed by atoms with E-state index in [-0.39, 0.29) is 11.1 Å². The van der Waals surface area contributed by atoms with Crippen molar-refractivity contribution >= 4 is 76.6 Å². The number of benzene rings is 2. The molecule has 2 aromatic carbocycles. The second kappa shape index (κ2) is 29.2. The molecular weight excluding hydrogens is 953 g/mol. The average Bonchev–Trinajstić information content (AvgIpc) is 4.25. The lowest BCUT2D eigenvalue weighted by atomic mass is 9.86. The van der Waals surface area contributed by atoms with Gasteiger partial charge in [-0.25, -0.2) is 8.78 Å². The molecule has 3 unspecified atom stereocenters. The lowest BCUT2D eigenvalue weighted by Gasteiger charge is -2.19. The van der Waals surface area contributed by atoms with Crippen molar-refractivity contribution in [2.75, 3.05) is 0 Å². The van der Waals surface area contributed by atoms with Gasteiger partial charge in [0.1, 0.15) is 11.0 Å². The molecule has 5 aromatic heterocycles. The smallest absolute Gasteiger partial charge is 0.170 e. The van der Waals surface area contributed by atoms with Crippen molar-refractivity contribution in [3.05, 3.63) is 69.9 Å². The van der Waals surface area contributed by atoms with Crippen LogP contribution in [0.15, 0.2) is 47.2 Å². The molecule has 0 aliphatic heterocycles. The molecule has 0 bridgehead atoms. The van der Waals surface area contributed by atoms with E-state index in [2.05, 4.69) is 65.1 Å². The predicted octanol–water partition coefficient (Wildman–Crippen LogP) is 22.5. The highest BCUT2D eigenvalue weighted by molar-refractivity contribution is 7.27. The van der Waals surface area contributed by atoms with Crippen LogP contribution in [0.3, 0.4) is 0 Å². The van der Waals surface area contributed by atoms with Gasteiger partial charge in [0, 0.05) is 28.9 Å². The van der Waals surface area contributed by atoms with Gasteiger partial charge in [-0.2, -0.15) is 15.0 Å². The molecule has 0 amide bonds. The number of aromatic nitrogens is 3. The number of nitrogens with zero attached hydrogens (tertiary/aromatic N) is 3. The normalized spacial score (nSPS) is 13.4. The molecule has 0 saturated heterocycles. The van der Waals surface area contributed by atoms with Gasteiger partial charge < -0.3 is 0 Å². The maximum absolute atomic E-state index is 17.0. The third-order valence-electron chi connectivity index (χ3n) is 15.5. The zero-order valence-electron chi connectivity index (χ0n) is 44.6. The summed E-state index contributed by atoms with van der Waals surface area (Å²) in [5.41, 5.74) is 4.45. The first-order valence-electron chi connectivity index (χ1n) is 28.7. The van der Waals surface area contributed by atoms with Crippen molar-refractivity contribution in [2.24, 2.45) is 17.8 Å². The van der Waals surface area contributed by atoms with E-state index in [4.69, 9.17) is 10.2 Å². The number of halogens is 2. The molecule has 3 nitrogen and oxygen atoms in total. The first-order valence-corrected chi connectivity index (χ1v) is 32.1. The van der Waals surface area contributed by atoms with Crippen LogP contribution in [0, 0.1) is 29.4 Å². The second-order valence-corrected chi connectivity index (χ2v) is 25.1. The van der Waals surface area contributed by atoms with E-state index in [1.165, 1.54) is 189 Å². The Hall–Kier alpha value is -2.98. The fourth-order valence-electron chi connectivity index (χ4n) is 11.3. The lowest BCUT2D eigenvalue weighted by Crippen LogP contribution is -2.13. The van der Waals surface area contributed by atoms with Gasteiger partial charge in [-0.1, -0.05) is 189 Å². The Balaban J connectivity index is 1.29. The van der Waals surface area contributed by atoms with Crippen molar-refractivity contribution in [1.29, 1.82) is 0 Å². The monoisotopic (exact) mass is 1040 g/mol. The summed E-state index contributed by atoms with van der Waals surface area (Å²) < 4.78 is 36.7. The molecule has 7 rings (SSSR count). The lowest BCUT2D eigenvalue weighted by molar-refractivity contribution is 0.330. The maximum atomic E-state index is 17.0. The van der Waals surface area contributed by atoms with Gasteiger partial charge in [0.25, 0.3) is 0 Å². The fraction of sp³-hybridized carbons (Fsp3) is 0.613. The number of hydrogen-bond acceptors (Lipinski definition) is 6. The highest BCUT2D eigenvalue weighted by Crippen LogP contribution is 2.49. The van der Waals surface area contributed by atoms with Crippen molar-refractivity contribution in [3.63, 3.8) is 0 Å². The summed E-state index contributed by atoms with van der Waals surface area (Å²) in [4.78, 5) is 5.48. The highest BCUT2D eigenvalue weighted by atomic mass is 32.1. The van der Waals surface area contributed by atoms with Crippen LogP contribution in [0.25, 0.3) is 61.8 Å². The Bertz CT molecular complexity index is 2550. The maximum Gasteiger partial charge on any atom is 0.170 e. The summed E-state index contributed by atoms with van der Waals surface area (Å²) >= 11 is 6.88. The molecule has 0 aliphatic rings. The third-order valence-corrected chi connectivity index (χ3v) is 19.9. The Labute approximate surface area is 443 Å². The molecule has 0 radical (unpaired) electrons.